The molecule has 0 saturated carbocycles. The Labute approximate surface area is 93.7 Å². The fraction of sp³-hybridized carbons (Fsp3) is 0.364. The number of hydrogen-bond acceptors (Lipinski definition) is 5. The molecule has 0 aromatic heterocycles. The Bertz CT molecular complexity index is 411. The van der Waals surface area contributed by atoms with E-state index in [-0.39, 0.29) is 6.54 Å². The molecule has 0 radical (unpaired) electrons. The SMILES string of the molecule is COc1cc(OC)c(OC)cc1CN=C=O. The summed E-state index contributed by atoms with van der Waals surface area (Å²) in [5.74, 6) is 1.73. The summed E-state index contributed by atoms with van der Waals surface area (Å²) in [6, 6.07) is 3.41. The first-order valence-electron chi connectivity index (χ1n) is 4.59. The van der Waals surface area contributed by atoms with E-state index in [1.54, 1.807) is 19.2 Å². The molecule has 0 aliphatic carbocycles. The van der Waals surface area contributed by atoms with Crippen molar-refractivity contribution in [3.05, 3.63) is 17.7 Å². The first-order chi connectivity index (χ1) is 7.76. The number of carbonyl (C=O) groups excluding carboxylic acids is 1. The molecule has 1 rings (SSSR count). The number of isocyanates is 1. The molecule has 0 aliphatic rings. The minimum Gasteiger partial charge on any atom is -0.496 e. The zero-order valence-corrected chi connectivity index (χ0v) is 9.44. The Kier molecular flexibility index (Phi) is 4.36. The van der Waals surface area contributed by atoms with Crippen LogP contribution in [0.3, 0.4) is 0 Å². The summed E-state index contributed by atoms with van der Waals surface area (Å²) in [5, 5.41) is 0. The highest BCUT2D eigenvalue weighted by Gasteiger charge is 2.11. The number of ether oxygens (including phenoxy) is 3. The van der Waals surface area contributed by atoms with Crippen LogP contribution in [0.15, 0.2) is 17.1 Å². The average Bonchev–Trinajstić information content (AvgIpc) is 2.35. The highest BCUT2D eigenvalue weighted by Crippen LogP contribution is 2.34. The van der Waals surface area contributed by atoms with E-state index in [1.165, 1.54) is 20.3 Å². The fourth-order valence-electron chi connectivity index (χ4n) is 1.33. The molecule has 86 valence electrons. The molecule has 0 fully saturated rings. The fourth-order valence-corrected chi connectivity index (χ4v) is 1.33. The van der Waals surface area contributed by atoms with Crippen molar-refractivity contribution in [3.8, 4) is 17.2 Å². The van der Waals surface area contributed by atoms with Crippen molar-refractivity contribution in [1.29, 1.82) is 0 Å². The summed E-state index contributed by atoms with van der Waals surface area (Å²) in [6.45, 7) is 0.201. The lowest BCUT2D eigenvalue weighted by molar-refractivity contribution is 0.347. The third-order valence-electron chi connectivity index (χ3n) is 2.10. The molecule has 0 N–H and O–H groups in total. The van der Waals surface area contributed by atoms with E-state index in [4.69, 9.17) is 14.2 Å². The van der Waals surface area contributed by atoms with E-state index in [0.717, 1.165) is 5.56 Å². The van der Waals surface area contributed by atoms with Gasteiger partial charge in [0.25, 0.3) is 0 Å². The average molecular weight is 223 g/mol. The number of methoxy groups -OCH3 is 3. The molecule has 0 aliphatic heterocycles. The van der Waals surface area contributed by atoms with Crippen LogP contribution >= 0.6 is 0 Å². The zero-order valence-electron chi connectivity index (χ0n) is 9.44. The number of nitrogens with zero attached hydrogens (tertiary/aromatic N) is 1. The van der Waals surface area contributed by atoms with E-state index >= 15 is 0 Å². The predicted molar refractivity (Wildman–Crippen MR) is 57.9 cm³/mol. The van der Waals surface area contributed by atoms with Crippen LogP contribution in [0.4, 0.5) is 0 Å². The molecule has 0 atom stereocenters. The monoisotopic (exact) mass is 223 g/mol. The topological polar surface area (TPSA) is 57.1 Å². The zero-order chi connectivity index (χ0) is 12.0. The number of rotatable bonds is 5. The third kappa shape index (κ3) is 2.52. The van der Waals surface area contributed by atoms with Crippen molar-refractivity contribution in [1.82, 2.24) is 0 Å². The lowest BCUT2D eigenvalue weighted by Gasteiger charge is -2.12. The summed E-state index contributed by atoms with van der Waals surface area (Å²) in [5.41, 5.74) is 0.739. The highest BCUT2D eigenvalue weighted by molar-refractivity contribution is 5.51. The van der Waals surface area contributed by atoms with Crippen LogP contribution in [0.2, 0.25) is 0 Å². The van der Waals surface area contributed by atoms with E-state index < -0.39 is 0 Å². The van der Waals surface area contributed by atoms with Crippen LogP contribution in [0.5, 0.6) is 17.2 Å². The summed E-state index contributed by atoms with van der Waals surface area (Å²) in [4.78, 5) is 13.6. The maximum Gasteiger partial charge on any atom is 0.235 e. The van der Waals surface area contributed by atoms with Gasteiger partial charge in [0.2, 0.25) is 6.08 Å². The Morgan fingerprint density at radius 2 is 1.62 bits per heavy atom. The van der Waals surface area contributed by atoms with Crippen LogP contribution in [0.25, 0.3) is 0 Å². The van der Waals surface area contributed by atoms with Gasteiger partial charge in [-0.3, -0.25) is 0 Å². The Hall–Kier alpha value is -2.00. The number of benzene rings is 1. The summed E-state index contributed by atoms with van der Waals surface area (Å²) in [6.07, 6.45) is 1.48. The van der Waals surface area contributed by atoms with Gasteiger partial charge in [-0.25, -0.2) is 9.79 Å². The molecule has 0 bridgehead atoms. The van der Waals surface area contributed by atoms with Gasteiger partial charge in [0.05, 0.1) is 27.9 Å². The van der Waals surface area contributed by atoms with Gasteiger partial charge in [-0.1, -0.05) is 0 Å². The Morgan fingerprint density at radius 3 is 2.12 bits per heavy atom. The minimum atomic E-state index is 0.201. The lowest BCUT2D eigenvalue weighted by Crippen LogP contribution is -1.96. The standard InChI is InChI=1S/C11H13NO4/c1-14-9-5-11(16-3)10(15-2)4-8(9)6-12-7-13/h4-5H,6H2,1-3H3. The molecule has 16 heavy (non-hydrogen) atoms. The second kappa shape index (κ2) is 5.78. The maximum absolute atomic E-state index is 10.1. The molecule has 0 spiro atoms. The van der Waals surface area contributed by atoms with E-state index in [9.17, 15) is 4.79 Å². The van der Waals surface area contributed by atoms with Crippen molar-refractivity contribution in [3.63, 3.8) is 0 Å². The molecular weight excluding hydrogens is 210 g/mol. The second-order valence-corrected chi connectivity index (χ2v) is 2.93. The summed E-state index contributed by atoms with van der Waals surface area (Å²) >= 11 is 0. The van der Waals surface area contributed by atoms with Gasteiger partial charge < -0.3 is 14.2 Å². The molecule has 5 nitrogen and oxygen atoms in total. The molecule has 5 heteroatoms. The van der Waals surface area contributed by atoms with Crippen molar-refractivity contribution >= 4 is 6.08 Å². The van der Waals surface area contributed by atoms with Gasteiger partial charge in [0.1, 0.15) is 5.75 Å². The number of aliphatic imine (C=N–C) groups is 1. The molecule has 0 heterocycles. The van der Waals surface area contributed by atoms with Crippen molar-refractivity contribution in [2.24, 2.45) is 4.99 Å². The van der Waals surface area contributed by atoms with Gasteiger partial charge >= 0.3 is 0 Å². The largest absolute Gasteiger partial charge is 0.496 e. The van der Waals surface area contributed by atoms with Crippen LogP contribution in [-0.2, 0) is 11.3 Å². The van der Waals surface area contributed by atoms with Crippen molar-refractivity contribution in [2.75, 3.05) is 21.3 Å². The summed E-state index contributed by atoms with van der Waals surface area (Å²) < 4.78 is 15.4. The maximum atomic E-state index is 10.1. The van der Waals surface area contributed by atoms with E-state index in [1.807, 2.05) is 0 Å². The molecule has 0 saturated heterocycles. The van der Waals surface area contributed by atoms with Gasteiger partial charge in [-0.2, -0.15) is 0 Å². The normalized spacial score (nSPS) is 9.19. The minimum absolute atomic E-state index is 0.201. The van der Waals surface area contributed by atoms with E-state index in [0.29, 0.717) is 17.2 Å². The van der Waals surface area contributed by atoms with Gasteiger partial charge in [0.15, 0.2) is 11.5 Å². The molecule has 1 aromatic carbocycles. The molecular formula is C11H13NO4. The lowest BCUT2D eigenvalue weighted by atomic mass is 10.1. The van der Waals surface area contributed by atoms with Crippen molar-refractivity contribution < 1.29 is 19.0 Å². The van der Waals surface area contributed by atoms with Crippen LogP contribution in [-0.4, -0.2) is 27.4 Å². The molecule has 0 unspecified atom stereocenters. The number of hydrogen-bond donors (Lipinski definition) is 0. The Morgan fingerprint density at radius 1 is 1.06 bits per heavy atom. The smallest absolute Gasteiger partial charge is 0.235 e. The van der Waals surface area contributed by atoms with Crippen LogP contribution in [0, 0.1) is 0 Å². The quantitative estimate of drug-likeness (QED) is 0.561. The summed E-state index contributed by atoms with van der Waals surface area (Å²) in [7, 11) is 4.62. The second-order valence-electron chi connectivity index (χ2n) is 2.93. The molecule has 1 aromatic rings. The van der Waals surface area contributed by atoms with Gasteiger partial charge in [0, 0.05) is 11.6 Å². The van der Waals surface area contributed by atoms with Crippen LogP contribution in [0.1, 0.15) is 5.56 Å². The Balaban J connectivity index is 3.19. The van der Waals surface area contributed by atoms with Gasteiger partial charge in [-0.15, -0.1) is 0 Å². The van der Waals surface area contributed by atoms with E-state index in [2.05, 4.69) is 4.99 Å². The van der Waals surface area contributed by atoms with Gasteiger partial charge in [-0.05, 0) is 6.07 Å². The highest BCUT2D eigenvalue weighted by atomic mass is 16.5. The third-order valence-corrected chi connectivity index (χ3v) is 2.10. The molecule has 0 amide bonds. The van der Waals surface area contributed by atoms with Crippen molar-refractivity contribution in [2.45, 2.75) is 6.54 Å². The predicted octanol–water partition coefficient (Wildman–Crippen LogP) is 1.55. The first-order valence-corrected chi connectivity index (χ1v) is 4.59. The van der Waals surface area contributed by atoms with Crippen LogP contribution < -0.4 is 14.2 Å². The first kappa shape index (κ1) is 12.1.